The summed E-state index contributed by atoms with van der Waals surface area (Å²) in [6.07, 6.45) is 0.824. The fraction of sp³-hybridized carbons (Fsp3) is 0.632. The van der Waals surface area contributed by atoms with Gasteiger partial charge in [-0.3, -0.25) is 9.69 Å². The van der Waals surface area contributed by atoms with E-state index in [0.29, 0.717) is 30.0 Å². The molecule has 0 amide bonds. The number of hydrogen-bond acceptors (Lipinski definition) is 7. The Balaban J connectivity index is 2.07. The third-order valence-electron chi connectivity index (χ3n) is 5.32. The van der Waals surface area contributed by atoms with Crippen LogP contribution >= 0.6 is 0 Å². The highest BCUT2D eigenvalue weighted by atomic mass is 16.5. The number of ether oxygens (including phenoxy) is 2. The summed E-state index contributed by atoms with van der Waals surface area (Å²) in [7, 11) is 3.04. The molecule has 7 heteroatoms. The summed E-state index contributed by atoms with van der Waals surface area (Å²) in [4.78, 5) is 14.6. The van der Waals surface area contributed by atoms with Crippen LogP contribution in [0.25, 0.3) is 0 Å². The molecule has 3 N–H and O–H groups in total. The molecule has 1 fully saturated rings. The molecule has 0 saturated carbocycles. The molecule has 2 unspecified atom stereocenters. The maximum Gasteiger partial charge on any atom is 0.247 e. The van der Waals surface area contributed by atoms with Crippen LogP contribution < -0.4 is 9.47 Å². The number of piperidine rings is 1. The quantitative estimate of drug-likeness (QED) is 0.674. The molecule has 0 aliphatic carbocycles. The van der Waals surface area contributed by atoms with Gasteiger partial charge in [0.05, 0.1) is 20.3 Å². The van der Waals surface area contributed by atoms with Crippen molar-refractivity contribution in [2.24, 2.45) is 5.92 Å². The molecular formula is C19H27NO6. The smallest absolute Gasteiger partial charge is 0.247 e. The monoisotopic (exact) mass is 365 g/mol. The van der Waals surface area contributed by atoms with E-state index in [2.05, 4.69) is 0 Å². The number of fused-ring (bicyclic) bond motifs is 3. The Morgan fingerprint density at radius 1 is 1.19 bits per heavy atom. The molecule has 2 aliphatic rings. The molecule has 0 radical (unpaired) electrons. The topological polar surface area (TPSA) is 99.5 Å². The molecule has 144 valence electrons. The van der Waals surface area contributed by atoms with Gasteiger partial charge in [-0.1, -0.05) is 13.8 Å². The second-order valence-electron chi connectivity index (χ2n) is 7.71. The third kappa shape index (κ3) is 2.89. The molecule has 0 aromatic heterocycles. The molecule has 2 aliphatic heterocycles. The van der Waals surface area contributed by atoms with Crippen molar-refractivity contribution in [3.8, 4) is 11.5 Å². The van der Waals surface area contributed by atoms with Crippen molar-refractivity contribution in [2.75, 3.05) is 27.3 Å². The number of carbonyl (C=O) groups is 1. The molecule has 1 saturated heterocycles. The fourth-order valence-electron chi connectivity index (χ4n) is 4.35. The van der Waals surface area contributed by atoms with Crippen LogP contribution in [0.4, 0.5) is 0 Å². The van der Waals surface area contributed by atoms with Crippen molar-refractivity contribution >= 4 is 5.78 Å². The van der Waals surface area contributed by atoms with E-state index in [1.807, 2.05) is 13.8 Å². The largest absolute Gasteiger partial charge is 0.493 e. The zero-order chi connectivity index (χ0) is 19.3. The van der Waals surface area contributed by atoms with Crippen LogP contribution in [0.15, 0.2) is 12.1 Å². The number of nitrogens with zero attached hydrogens (tertiary/aromatic N) is 1. The third-order valence-corrected chi connectivity index (χ3v) is 5.32. The highest BCUT2D eigenvalue weighted by Gasteiger charge is 2.60. The number of Topliss-reactive ketones (excluding diaryl/α,β-unsaturated/α-hetero) is 1. The van der Waals surface area contributed by atoms with Crippen molar-refractivity contribution in [1.29, 1.82) is 0 Å². The van der Waals surface area contributed by atoms with Gasteiger partial charge in [0.1, 0.15) is 5.60 Å². The van der Waals surface area contributed by atoms with E-state index in [0.717, 1.165) is 5.56 Å². The van der Waals surface area contributed by atoms with Crippen LogP contribution in [-0.4, -0.2) is 64.7 Å². The molecule has 26 heavy (non-hydrogen) atoms. The lowest BCUT2D eigenvalue weighted by Crippen LogP contribution is -2.69. The van der Waals surface area contributed by atoms with E-state index in [1.165, 1.54) is 14.2 Å². The lowest BCUT2D eigenvalue weighted by atomic mass is 9.73. The minimum atomic E-state index is -2.68. The van der Waals surface area contributed by atoms with E-state index in [4.69, 9.17) is 9.47 Å². The SMILES string of the molecule is COc1cc2c(cc1OC)C1N(CC2)CC(O)(CC(C)C)C(=O)C1(O)O. The second kappa shape index (κ2) is 6.49. The number of rotatable bonds is 4. The number of benzene rings is 1. The first kappa shape index (κ1) is 19.1. The van der Waals surface area contributed by atoms with Gasteiger partial charge >= 0.3 is 0 Å². The standard InChI is InChI=1S/C19H27NO6/c1-11(2)9-18(22)10-20-6-5-12-7-14(25-3)15(26-4)8-13(12)16(20)19(23,24)17(18)21/h7-8,11,16,22-24H,5-6,9-10H2,1-4H3. The molecule has 2 atom stereocenters. The van der Waals surface area contributed by atoms with Crippen LogP contribution in [0, 0.1) is 5.92 Å². The number of methoxy groups -OCH3 is 2. The number of carbonyl (C=O) groups excluding carboxylic acids is 1. The van der Waals surface area contributed by atoms with E-state index < -0.39 is 23.2 Å². The second-order valence-corrected chi connectivity index (χ2v) is 7.71. The summed E-state index contributed by atoms with van der Waals surface area (Å²) in [6, 6.07) is 2.54. The molecule has 0 bridgehead atoms. The summed E-state index contributed by atoms with van der Waals surface area (Å²) in [5.41, 5.74) is -0.292. The van der Waals surface area contributed by atoms with Gasteiger partial charge in [0.25, 0.3) is 0 Å². The molecule has 0 spiro atoms. The minimum absolute atomic E-state index is 0.0396. The van der Waals surface area contributed by atoms with Gasteiger partial charge in [0, 0.05) is 13.1 Å². The summed E-state index contributed by atoms with van der Waals surface area (Å²) in [5.74, 6) is -2.57. The normalized spacial score (nSPS) is 27.8. The summed E-state index contributed by atoms with van der Waals surface area (Å²) >= 11 is 0. The van der Waals surface area contributed by atoms with Gasteiger partial charge in [-0.15, -0.1) is 0 Å². The Labute approximate surface area is 153 Å². The first-order valence-corrected chi connectivity index (χ1v) is 8.85. The minimum Gasteiger partial charge on any atom is -0.493 e. The van der Waals surface area contributed by atoms with Gasteiger partial charge in [-0.05, 0) is 42.0 Å². The fourth-order valence-corrected chi connectivity index (χ4v) is 4.35. The number of hydrogen-bond donors (Lipinski definition) is 3. The first-order chi connectivity index (χ1) is 12.1. The lowest BCUT2D eigenvalue weighted by molar-refractivity contribution is -0.246. The highest BCUT2D eigenvalue weighted by Crippen LogP contribution is 2.46. The van der Waals surface area contributed by atoms with Gasteiger partial charge in [-0.25, -0.2) is 0 Å². The first-order valence-electron chi connectivity index (χ1n) is 8.85. The Bertz CT molecular complexity index is 716. The lowest BCUT2D eigenvalue weighted by Gasteiger charge is -2.51. The Morgan fingerprint density at radius 2 is 1.81 bits per heavy atom. The van der Waals surface area contributed by atoms with E-state index >= 15 is 0 Å². The van der Waals surface area contributed by atoms with Crippen LogP contribution in [0.1, 0.15) is 37.4 Å². The molecular weight excluding hydrogens is 338 g/mol. The molecule has 7 nitrogen and oxygen atoms in total. The Kier molecular flexibility index (Phi) is 4.77. The van der Waals surface area contributed by atoms with Gasteiger partial charge in [0.2, 0.25) is 11.6 Å². The van der Waals surface area contributed by atoms with Crippen LogP contribution in [0.2, 0.25) is 0 Å². The van der Waals surface area contributed by atoms with E-state index in [1.54, 1.807) is 17.0 Å². The van der Waals surface area contributed by atoms with Crippen molar-refractivity contribution in [1.82, 2.24) is 4.90 Å². The molecule has 1 aromatic rings. The van der Waals surface area contributed by atoms with Crippen molar-refractivity contribution in [3.63, 3.8) is 0 Å². The maximum atomic E-state index is 12.8. The predicted octanol–water partition coefficient (Wildman–Crippen LogP) is 0.644. The zero-order valence-electron chi connectivity index (χ0n) is 15.7. The van der Waals surface area contributed by atoms with E-state index in [-0.39, 0.29) is 18.9 Å². The van der Waals surface area contributed by atoms with Crippen molar-refractivity contribution < 1.29 is 29.6 Å². The zero-order valence-corrected chi connectivity index (χ0v) is 15.7. The van der Waals surface area contributed by atoms with Gasteiger partial charge in [0.15, 0.2) is 11.5 Å². The Morgan fingerprint density at radius 3 is 2.38 bits per heavy atom. The van der Waals surface area contributed by atoms with E-state index in [9.17, 15) is 20.1 Å². The van der Waals surface area contributed by atoms with Crippen molar-refractivity contribution in [2.45, 2.75) is 44.1 Å². The summed E-state index contributed by atoms with van der Waals surface area (Å²) < 4.78 is 10.6. The Hall–Kier alpha value is -1.67. The maximum absolute atomic E-state index is 12.8. The average molecular weight is 365 g/mol. The van der Waals surface area contributed by atoms with Gasteiger partial charge in [-0.2, -0.15) is 0 Å². The molecule has 2 heterocycles. The summed E-state index contributed by atoms with van der Waals surface area (Å²) in [6.45, 7) is 4.35. The van der Waals surface area contributed by atoms with Gasteiger partial charge < -0.3 is 24.8 Å². The number of ketones is 1. The number of aliphatic hydroxyl groups is 3. The highest BCUT2D eigenvalue weighted by molar-refractivity contribution is 5.95. The predicted molar refractivity (Wildman–Crippen MR) is 94.1 cm³/mol. The molecule has 3 rings (SSSR count). The van der Waals surface area contributed by atoms with Crippen LogP contribution in [-0.2, 0) is 11.2 Å². The molecule has 1 aromatic carbocycles. The average Bonchev–Trinajstić information content (AvgIpc) is 2.57. The summed E-state index contributed by atoms with van der Waals surface area (Å²) in [5, 5.41) is 32.4. The van der Waals surface area contributed by atoms with Crippen LogP contribution in [0.3, 0.4) is 0 Å². The van der Waals surface area contributed by atoms with Crippen molar-refractivity contribution in [3.05, 3.63) is 23.3 Å². The van der Waals surface area contributed by atoms with Crippen LogP contribution in [0.5, 0.6) is 11.5 Å².